The SMILES string of the molecule is O=C(CN1CCOC1=O)N1CCC(n2cnnc2)CC1. The molecule has 8 nitrogen and oxygen atoms in total. The number of ether oxygens (including phenoxy) is 1. The normalized spacial score (nSPS) is 20.3. The van der Waals surface area contributed by atoms with Crippen molar-refractivity contribution < 1.29 is 14.3 Å². The largest absolute Gasteiger partial charge is 0.448 e. The number of hydrogen-bond acceptors (Lipinski definition) is 5. The van der Waals surface area contributed by atoms with Crippen molar-refractivity contribution in [2.45, 2.75) is 18.9 Å². The highest BCUT2D eigenvalue weighted by Gasteiger charge is 2.28. The predicted octanol–water partition coefficient (Wildman–Crippen LogP) is -0.106. The third kappa shape index (κ3) is 2.59. The second-order valence-electron chi connectivity index (χ2n) is 5.06. The first-order valence-corrected chi connectivity index (χ1v) is 6.77. The monoisotopic (exact) mass is 279 g/mol. The van der Waals surface area contributed by atoms with Gasteiger partial charge in [0.15, 0.2) is 0 Å². The zero-order valence-electron chi connectivity index (χ0n) is 11.1. The van der Waals surface area contributed by atoms with Gasteiger partial charge < -0.3 is 14.2 Å². The number of carbonyl (C=O) groups is 2. The molecule has 0 saturated carbocycles. The molecule has 1 aromatic rings. The van der Waals surface area contributed by atoms with E-state index in [1.165, 1.54) is 4.90 Å². The summed E-state index contributed by atoms with van der Waals surface area (Å²) in [5.41, 5.74) is 0. The van der Waals surface area contributed by atoms with Crippen molar-refractivity contribution in [3.8, 4) is 0 Å². The molecule has 108 valence electrons. The van der Waals surface area contributed by atoms with Crippen LogP contribution in [-0.4, -0.2) is 69.4 Å². The summed E-state index contributed by atoms with van der Waals surface area (Å²) in [6.45, 7) is 2.40. The van der Waals surface area contributed by atoms with Crippen molar-refractivity contribution >= 4 is 12.0 Å². The first-order chi connectivity index (χ1) is 9.74. The smallest absolute Gasteiger partial charge is 0.410 e. The van der Waals surface area contributed by atoms with Gasteiger partial charge in [-0.1, -0.05) is 0 Å². The minimum absolute atomic E-state index is 0.00828. The molecule has 2 saturated heterocycles. The Labute approximate surface area is 116 Å². The van der Waals surface area contributed by atoms with Crippen LogP contribution < -0.4 is 0 Å². The number of rotatable bonds is 3. The Hall–Kier alpha value is -2.12. The lowest BCUT2D eigenvalue weighted by Crippen LogP contribution is -2.44. The highest BCUT2D eigenvalue weighted by molar-refractivity contribution is 5.82. The maximum Gasteiger partial charge on any atom is 0.410 e. The Morgan fingerprint density at radius 2 is 1.95 bits per heavy atom. The number of aromatic nitrogens is 3. The van der Waals surface area contributed by atoms with Gasteiger partial charge in [0.05, 0.1) is 6.54 Å². The molecule has 2 amide bonds. The van der Waals surface area contributed by atoms with Gasteiger partial charge in [-0.15, -0.1) is 10.2 Å². The first-order valence-electron chi connectivity index (χ1n) is 6.77. The molecule has 0 spiro atoms. The van der Waals surface area contributed by atoms with Gasteiger partial charge in [0.1, 0.15) is 25.8 Å². The molecular weight excluding hydrogens is 262 g/mol. The van der Waals surface area contributed by atoms with Crippen LogP contribution in [0.1, 0.15) is 18.9 Å². The maximum absolute atomic E-state index is 12.1. The van der Waals surface area contributed by atoms with Gasteiger partial charge in [-0.3, -0.25) is 9.69 Å². The summed E-state index contributed by atoms with van der Waals surface area (Å²) in [4.78, 5) is 26.7. The number of cyclic esters (lactones) is 1. The Morgan fingerprint density at radius 1 is 1.25 bits per heavy atom. The van der Waals surface area contributed by atoms with E-state index in [4.69, 9.17) is 4.74 Å². The van der Waals surface area contributed by atoms with Crippen LogP contribution in [0.4, 0.5) is 4.79 Å². The second kappa shape index (κ2) is 5.48. The number of likely N-dealkylation sites (tertiary alicyclic amines) is 1. The second-order valence-corrected chi connectivity index (χ2v) is 5.06. The molecule has 2 fully saturated rings. The summed E-state index contributed by atoms with van der Waals surface area (Å²) in [6, 6.07) is 0.353. The van der Waals surface area contributed by atoms with Crippen LogP contribution in [-0.2, 0) is 9.53 Å². The molecule has 1 aromatic heterocycles. The first kappa shape index (κ1) is 12.9. The maximum atomic E-state index is 12.1. The van der Waals surface area contributed by atoms with Crippen LogP contribution in [0.3, 0.4) is 0 Å². The van der Waals surface area contributed by atoms with Crippen LogP contribution in [0.25, 0.3) is 0 Å². The Morgan fingerprint density at radius 3 is 2.55 bits per heavy atom. The van der Waals surface area contributed by atoms with Gasteiger partial charge in [0, 0.05) is 19.1 Å². The lowest BCUT2D eigenvalue weighted by Gasteiger charge is -2.33. The third-order valence-corrected chi connectivity index (χ3v) is 3.85. The van der Waals surface area contributed by atoms with E-state index in [2.05, 4.69) is 10.2 Å². The summed E-state index contributed by atoms with van der Waals surface area (Å²) in [6.07, 6.45) is 4.80. The van der Waals surface area contributed by atoms with Gasteiger partial charge >= 0.3 is 6.09 Å². The van der Waals surface area contributed by atoms with Crippen LogP contribution in [0.15, 0.2) is 12.7 Å². The van der Waals surface area contributed by atoms with Gasteiger partial charge in [0.2, 0.25) is 5.91 Å². The quantitative estimate of drug-likeness (QED) is 0.771. The fourth-order valence-corrected chi connectivity index (χ4v) is 2.64. The summed E-state index contributed by atoms with van der Waals surface area (Å²) < 4.78 is 6.80. The topological polar surface area (TPSA) is 80.6 Å². The van der Waals surface area contributed by atoms with E-state index >= 15 is 0 Å². The van der Waals surface area contributed by atoms with E-state index in [0.717, 1.165) is 12.8 Å². The predicted molar refractivity (Wildman–Crippen MR) is 67.8 cm³/mol. The molecule has 2 aliphatic rings. The van der Waals surface area contributed by atoms with Crippen molar-refractivity contribution in [3.05, 3.63) is 12.7 Å². The van der Waals surface area contributed by atoms with E-state index in [1.807, 2.05) is 9.47 Å². The molecule has 0 atom stereocenters. The zero-order valence-corrected chi connectivity index (χ0v) is 11.1. The molecule has 0 unspecified atom stereocenters. The summed E-state index contributed by atoms with van der Waals surface area (Å²) >= 11 is 0. The summed E-state index contributed by atoms with van der Waals surface area (Å²) in [5.74, 6) is -0.00828. The molecule has 20 heavy (non-hydrogen) atoms. The average Bonchev–Trinajstić information content (AvgIpc) is 3.12. The van der Waals surface area contributed by atoms with E-state index in [-0.39, 0.29) is 12.5 Å². The summed E-state index contributed by atoms with van der Waals surface area (Å²) in [7, 11) is 0. The highest BCUT2D eigenvalue weighted by atomic mass is 16.6. The van der Waals surface area contributed by atoms with Crippen LogP contribution >= 0.6 is 0 Å². The average molecular weight is 279 g/mol. The molecule has 0 aromatic carbocycles. The molecule has 0 N–H and O–H groups in total. The van der Waals surface area contributed by atoms with Gasteiger partial charge in [-0.25, -0.2) is 4.79 Å². The third-order valence-electron chi connectivity index (χ3n) is 3.85. The van der Waals surface area contributed by atoms with E-state index in [1.54, 1.807) is 12.7 Å². The number of nitrogens with zero attached hydrogens (tertiary/aromatic N) is 5. The number of piperidine rings is 1. The lowest BCUT2D eigenvalue weighted by atomic mass is 10.0. The van der Waals surface area contributed by atoms with Crippen molar-refractivity contribution in [1.82, 2.24) is 24.6 Å². The summed E-state index contributed by atoms with van der Waals surface area (Å²) in [5, 5.41) is 7.61. The minimum Gasteiger partial charge on any atom is -0.448 e. The lowest BCUT2D eigenvalue weighted by molar-refractivity contribution is -0.133. The van der Waals surface area contributed by atoms with E-state index in [9.17, 15) is 9.59 Å². The number of hydrogen-bond donors (Lipinski definition) is 0. The molecule has 2 aliphatic heterocycles. The highest BCUT2D eigenvalue weighted by Crippen LogP contribution is 2.21. The Balaban J connectivity index is 1.50. The zero-order chi connectivity index (χ0) is 13.9. The molecule has 3 rings (SSSR count). The minimum atomic E-state index is -0.391. The van der Waals surface area contributed by atoms with Gasteiger partial charge in [0.25, 0.3) is 0 Å². The molecule has 0 bridgehead atoms. The van der Waals surface area contributed by atoms with Crippen molar-refractivity contribution in [3.63, 3.8) is 0 Å². The van der Waals surface area contributed by atoms with Crippen molar-refractivity contribution in [1.29, 1.82) is 0 Å². The Bertz CT molecular complexity index is 481. The van der Waals surface area contributed by atoms with Crippen molar-refractivity contribution in [2.24, 2.45) is 0 Å². The molecule has 0 aliphatic carbocycles. The van der Waals surface area contributed by atoms with Gasteiger partial charge in [-0.2, -0.15) is 0 Å². The number of amides is 2. The molecule has 0 radical (unpaired) electrons. The molecule has 3 heterocycles. The fraction of sp³-hybridized carbons (Fsp3) is 0.667. The van der Waals surface area contributed by atoms with Crippen LogP contribution in [0, 0.1) is 0 Å². The number of carbonyl (C=O) groups excluding carboxylic acids is 2. The van der Waals surface area contributed by atoms with E-state index < -0.39 is 6.09 Å². The Kier molecular flexibility index (Phi) is 3.53. The van der Waals surface area contributed by atoms with Crippen molar-refractivity contribution in [2.75, 3.05) is 32.8 Å². The molecule has 8 heteroatoms. The molecular formula is C12H17N5O3. The van der Waals surface area contributed by atoms with Crippen LogP contribution in [0.2, 0.25) is 0 Å². The standard InChI is InChI=1S/C12H17N5O3/c18-11(7-16-5-6-20-12(16)19)15-3-1-10(2-4-15)17-8-13-14-9-17/h8-10H,1-7H2. The fourth-order valence-electron chi connectivity index (χ4n) is 2.64. The van der Waals surface area contributed by atoms with E-state index in [0.29, 0.717) is 32.3 Å². The van der Waals surface area contributed by atoms with Crippen LogP contribution in [0.5, 0.6) is 0 Å². The van der Waals surface area contributed by atoms with Gasteiger partial charge in [-0.05, 0) is 12.8 Å².